The molecule has 1 aromatic heterocycles. The molecule has 1 aliphatic heterocycles. The number of carbonyl (C=O) groups is 1. The Bertz CT molecular complexity index is 905. The van der Waals surface area contributed by atoms with Crippen molar-refractivity contribution in [1.82, 2.24) is 15.1 Å². The Morgan fingerprint density at radius 1 is 1.21 bits per heavy atom. The van der Waals surface area contributed by atoms with Crippen LogP contribution in [0.3, 0.4) is 0 Å². The van der Waals surface area contributed by atoms with Crippen LogP contribution in [0.15, 0.2) is 54.9 Å². The number of aromatic amines is 1. The molecule has 0 spiro atoms. The lowest BCUT2D eigenvalue weighted by Crippen LogP contribution is -2.27. The van der Waals surface area contributed by atoms with Crippen LogP contribution in [0.25, 0.3) is 11.1 Å². The maximum absolute atomic E-state index is 14.6. The van der Waals surface area contributed by atoms with E-state index in [-0.39, 0.29) is 17.8 Å². The molecule has 0 bridgehead atoms. The highest BCUT2D eigenvalue weighted by Gasteiger charge is 2.32. The Kier molecular flexibility index (Phi) is 3.41. The molecule has 5 heteroatoms. The minimum Gasteiger partial charge on any atom is -0.327 e. The Labute approximate surface area is 138 Å². The molecule has 2 heterocycles. The highest BCUT2D eigenvalue weighted by Crippen LogP contribution is 2.33. The third kappa shape index (κ3) is 2.29. The number of nitrogens with zero attached hydrogens (tertiary/aromatic N) is 2. The zero-order chi connectivity index (χ0) is 16.7. The van der Waals surface area contributed by atoms with Crippen LogP contribution in [0.4, 0.5) is 4.39 Å². The summed E-state index contributed by atoms with van der Waals surface area (Å²) in [4.78, 5) is 14.3. The van der Waals surface area contributed by atoms with Crippen LogP contribution in [0.1, 0.15) is 34.5 Å². The quantitative estimate of drug-likeness (QED) is 0.794. The molecule has 1 amide bonds. The summed E-state index contributed by atoms with van der Waals surface area (Å²) in [7, 11) is 0. The zero-order valence-corrected chi connectivity index (χ0v) is 13.2. The number of hydrogen-bond acceptors (Lipinski definition) is 2. The lowest BCUT2D eigenvalue weighted by atomic mass is 10.0. The molecule has 0 fully saturated rings. The molecule has 24 heavy (non-hydrogen) atoms. The summed E-state index contributed by atoms with van der Waals surface area (Å²) in [5, 5.41) is 6.60. The van der Waals surface area contributed by atoms with Crippen LogP contribution < -0.4 is 0 Å². The molecule has 0 saturated heterocycles. The van der Waals surface area contributed by atoms with Gasteiger partial charge in [0, 0.05) is 29.4 Å². The van der Waals surface area contributed by atoms with Gasteiger partial charge in [0.15, 0.2) is 0 Å². The first-order valence-corrected chi connectivity index (χ1v) is 7.82. The molecule has 4 rings (SSSR count). The van der Waals surface area contributed by atoms with E-state index < -0.39 is 0 Å². The van der Waals surface area contributed by atoms with Gasteiger partial charge in [0.2, 0.25) is 0 Å². The van der Waals surface area contributed by atoms with Crippen molar-refractivity contribution in [1.29, 1.82) is 0 Å². The van der Waals surface area contributed by atoms with Gasteiger partial charge in [0.05, 0.1) is 12.2 Å². The molecule has 1 aliphatic rings. The standard InChI is InChI=1S/C19H16FN3O/c1-12(23-11-14-4-2-3-5-17(14)19(23)24)16-7-6-13(8-18(16)20)15-9-21-22-10-15/h2-10,12H,11H2,1H3,(H,21,22). The Morgan fingerprint density at radius 2 is 2.04 bits per heavy atom. The van der Waals surface area contributed by atoms with Crippen molar-refractivity contribution in [2.24, 2.45) is 0 Å². The Hall–Kier alpha value is -2.95. The minimum absolute atomic E-state index is 0.0450. The van der Waals surface area contributed by atoms with Crippen molar-refractivity contribution in [2.75, 3.05) is 0 Å². The zero-order valence-electron chi connectivity index (χ0n) is 13.2. The minimum atomic E-state index is -0.330. The summed E-state index contributed by atoms with van der Waals surface area (Å²) in [6.45, 7) is 2.37. The van der Waals surface area contributed by atoms with Crippen molar-refractivity contribution in [2.45, 2.75) is 19.5 Å². The SMILES string of the molecule is CC(c1ccc(-c2cn[nH]c2)cc1F)N1Cc2ccccc2C1=O. The van der Waals surface area contributed by atoms with Gasteiger partial charge in [-0.05, 0) is 30.2 Å². The van der Waals surface area contributed by atoms with Crippen molar-refractivity contribution in [3.05, 3.63) is 77.4 Å². The number of carbonyl (C=O) groups excluding carboxylic acids is 1. The predicted octanol–water partition coefficient (Wildman–Crippen LogP) is 3.93. The Morgan fingerprint density at radius 3 is 2.75 bits per heavy atom. The molecule has 3 aromatic rings. The second-order valence-corrected chi connectivity index (χ2v) is 5.99. The number of H-pyrrole nitrogens is 1. The number of amides is 1. The van der Waals surface area contributed by atoms with E-state index in [1.54, 1.807) is 23.4 Å². The molecular weight excluding hydrogens is 305 g/mol. The molecule has 1 N–H and O–H groups in total. The summed E-state index contributed by atoms with van der Waals surface area (Å²) in [5.74, 6) is -0.360. The van der Waals surface area contributed by atoms with E-state index in [1.165, 1.54) is 6.07 Å². The average Bonchev–Trinajstić information content (AvgIpc) is 3.23. The number of hydrogen-bond donors (Lipinski definition) is 1. The molecule has 1 atom stereocenters. The third-order valence-corrected chi connectivity index (χ3v) is 4.60. The van der Waals surface area contributed by atoms with E-state index in [0.717, 1.165) is 16.7 Å². The summed E-state index contributed by atoms with van der Waals surface area (Å²) < 4.78 is 14.6. The number of benzene rings is 2. The van der Waals surface area contributed by atoms with Gasteiger partial charge < -0.3 is 4.90 Å². The molecule has 0 saturated carbocycles. The van der Waals surface area contributed by atoms with Gasteiger partial charge in [0.1, 0.15) is 5.82 Å². The van der Waals surface area contributed by atoms with Crippen molar-refractivity contribution in [3.63, 3.8) is 0 Å². The fraction of sp³-hybridized carbons (Fsp3) is 0.158. The molecule has 0 aliphatic carbocycles. The summed E-state index contributed by atoms with van der Waals surface area (Å²) in [5.41, 5.74) is 3.80. The summed E-state index contributed by atoms with van der Waals surface area (Å²) in [6.07, 6.45) is 3.37. The Balaban J connectivity index is 1.64. The molecule has 120 valence electrons. The number of nitrogens with one attached hydrogen (secondary N) is 1. The van der Waals surface area contributed by atoms with Crippen molar-refractivity contribution < 1.29 is 9.18 Å². The van der Waals surface area contributed by atoms with Gasteiger partial charge in [-0.15, -0.1) is 0 Å². The first-order chi connectivity index (χ1) is 11.6. The summed E-state index contributed by atoms with van der Waals surface area (Å²) in [6, 6.07) is 12.3. The largest absolute Gasteiger partial charge is 0.327 e. The molecule has 0 radical (unpaired) electrons. The van der Waals surface area contributed by atoms with E-state index in [2.05, 4.69) is 10.2 Å². The first-order valence-electron chi connectivity index (χ1n) is 7.82. The van der Waals surface area contributed by atoms with Gasteiger partial charge in [-0.2, -0.15) is 5.10 Å². The van der Waals surface area contributed by atoms with Gasteiger partial charge in [-0.25, -0.2) is 4.39 Å². The lowest BCUT2D eigenvalue weighted by molar-refractivity contribution is 0.0713. The average molecular weight is 321 g/mol. The van der Waals surface area contributed by atoms with Gasteiger partial charge in [-0.1, -0.05) is 30.3 Å². The highest BCUT2D eigenvalue weighted by atomic mass is 19.1. The van der Waals surface area contributed by atoms with E-state index in [1.807, 2.05) is 37.3 Å². The van der Waals surface area contributed by atoms with Crippen LogP contribution >= 0.6 is 0 Å². The van der Waals surface area contributed by atoms with E-state index in [4.69, 9.17) is 0 Å². The van der Waals surface area contributed by atoms with Gasteiger partial charge >= 0.3 is 0 Å². The van der Waals surface area contributed by atoms with E-state index in [9.17, 15) is 9.18 Å². The van der Waals surface area contributed by atoms with Crippen molar-refractivity contribution >= 4 is 5.91 Å². The maximum Gasteiger partial charge on any atom is 0.255 e. The predicted molar refractivity (Wildman–Crippen MR) is 88.7 cm³/mol. The molecule has 1 unspecified atom stereocenters. The molecule has 4 nitrogen and oxygen atoms in total. The van der Waals surface area contributed by atoms with Crippen LogP contribution in [0.2, 0.25) is 0 Å². The van der Waals surface area contributed by atoms with Crippen LogP contribution in [-0.2, 0) is 6.54 Å². The lowest BCUT2D eigenvalue weighted by Gasteiger charge is -2.25. The second kappa shape index (κ2) is 5.60. The van der Waals surface area contributed by atoms with Crippen LogP contribution in [0.5, 0.6) is 0 Å². The maximum atomic E-state index is 14.6. The van der Waals surface area contributed by atoms with Crippen molar-refractivity contribution in [3.8, 4) is 11.1 Å². The fourth-order valence-electron chi connectivity index (χ4n) is 3.21. The van der Waals surface area contributed by atoms with Crippen LogP contribution in [-0.4, -0.2) is 21.0 Å². The number of halogens is 1. The topological polar surface area (TPSA) is 49.0 Å². The van der Waals surface area contributed by atoms with E-state index >= 15 is 0 Å². The smallest absolute Gasteiger partial charge is 0.255 e. The fourth-order valence-corrected chi connectivity index (χ4v) is 3.21. The highest BCUT2D eigenvalue weighted by molar-refractivity contribution is 5.98. The number of fused-ring (bicyclic) bond motifs is 1. The second-order valence-electron chi connectivity index (χ2n) is 5.99. The normalized spacial score (nSPS) is 14.8. The summed E-state index contributed by atoms with van der Waals surface area (Å²) >= 11 is 0. The first kappa shape index (κ1) is 14.6. The third-order valence-electron chi connectivity index (χ3n) is 4.60. The monoisotopic (exact) mass is 321 g/mol. The number of aromatic nitrogens is 2. The molecule has 2 aromatic carbocycles. The number of rotatable bonds is 3. The van der Waals surface area contributed by atoms with Gasteiger partial charge in [0.25, 0.3) is 5.91 Å². The van der Waals surface area contributed by atoms with Gasteiger partial charge in [-0.3, -0.25) is 9.89 Å². The van der Waals surface area contributed by atoms with E-state index in [0.29, 0.717) is 17.7 Å². The molecular formula is C19H16FN3O. The van der Waals surface area contributed by atoms with Crippen LogP contribution in [0, 0.1) is 5.82 Å².